The van der Waals surface area contributed by atoms with E-state index >= 15 is 0 Å². The van der Waals surface area contributed by atoms with Crippen LogP contribution in [0.4, 0.5) is 5.69 Å². The molecule has 1 aromatic carbocycles. The minimum atomic E-state index is -0.144. The molecule has 1 heterocycles. The first-order valence-electron chi connectivity index (χ1n) is 6.55. The largest absolute Gasteiger partial charge is 0.497 e. The van der Waals surface area contributed by atoms with Gasteiger partial charge in [0.25, 0.3) is 5.91 Å². The number of carbonyl (C=O) groups is 1. The zero-order chi connectivity index (χ0) is 15.4. The zero-order valence-corrected chi connectivity index (χ0v) is 15.0. The molecule has 0 spiro atoms. The van der Waals surface area contributed by atoms with E-state index in [0.717, 1.165) is 21.9 Å². The van der Waals surface area contributed by atoms with Crippen molar-refractivity contribution in [3.8, 4) is 5.75 Å². The van der Waals surface area contributed by atoms with Gasteiger partial charge >= 0.3 is 0 Å². The Kier molecular flexibility index (Phi) is 5.47. The molecular weight excluding hydrogens is 400 g/mol. The third kappa shape index (κ3) is 4.11. The molecule has 112 valence electrons. The number of nitrogens with zero attached hydrogens (tertiary/aromatic N) is 1. The molecule has 0 aliphatic carbocycles. The minimum absolute atomic E-state index is 0.144. The lowest BCUT2D eigenvalue weighted by Crippen LogP contribution is -2.16. The van der Waals surface area contributed by atoms with Crippen LogP contribution < -0.4 is 10.1 Å². The Balaban J connectivity index is 2.23. The molecule has 1 N–H and O–H groups in total. The summed E-state index contributed by atoms with van der Waals surface area (Å²) < 4.78 is 8.88. The lowest BCUT2D eigenvalue weighted by atomic mass is 10.3. The lowest BCUT2D eigenvalue weighted by molar-refractivity contribution is 0.101. The van der Waals surface area contributed by atoms with E-state index in [9.17, 15) is 4.79 Å². The van der Waals surface area contributed by atoms with Crippen molar-refractivity contribution in [3.63, 3.8) is 0 Å². The summed E-state index contributed by atoms with van der Waals surface area (Å²) >= 11 is 6.81. The summed E-state index contributed by atoms with van der Waals surface area (Å²) in [5.41, 5.74) is 1.31. The molecule has 0 saturated carbocycles. The number of hydrogen-bond acceptors (Lipinski definition) is 2. The van der Waals surface area contributed by atoms with Gasteiger partial charge in [0.15, 0.2) is 0 Å². The van der Waals surface area contributed by atoms with E-state index in [0.29, 0.717) is 17.1 Å². The van der Waals surface area contributed by atoms with E-state index in [1.54, 1.807) is 13.2 Å². The van der Waals surface area contributed by atoms with Crippen molar-refractivity contribution >= 4 is 43.5 Å². The van der Waals surface area contributed by atoms with Crippen molar-refractivity contribution in [2.75, 3.05) is 12.4 Å². The Bertz CT molecular complexity index is 653. The van der Waals surface area contributed by atoms with Crippen LogP contribution in [-0.4, -0.2) is 17.6 Å². The molecule has 4 nitrogen and oxygen atoms in total. The number of aryl methyl sites for hydroxylation is 1. The van der Waals surface area contributed by atoms with Crippen molar-refractivity contribution in [3.05, 3.63) is 45.1 Å². The lowest BCUT2D eigenvalue weighted by Gasteiger charge is -2.10. The smallest absolute Gasteiger partial charge is 0.272 e. The molecule has 0 atom stereocenters. The van der Waals surface area contributed by atoms with Crippen LogP contribution in [0, 0.1) is 0 Å². The summed E-state index contributed by atoms with van der Waals surface area (Å²) in [5.74, 6) is 0.541. The molecule has 0 fully saturated rings. The highest BCUT2D eigenvalue weighted by atomic mass is 79.9. The molecule has 1 amide bonds. The number of carbonyl (C=O) groups excluding carboxylic acids is 1. The van der Waals surface area contributed by atoms with Crippen LogP contribution in [0.15, 0.2) is 39.4 Å². The number of aromatic nitrogens is 1. The molecule has 1 aromatic heterocycles. The summed E-state index contributed by atoms with van der Waals surface area (Å²) in [5, 5.41) is 2.90. The van der Waals surface area contributed by atoms with Crippen LogP contribution in [0.1, 0.15) is 23.8 Å². The van der Waals surface area contributed by atoms with Crippen molar-refractivity contribution in [2.45, 2.75) is 19.9 Å². The van der Waals surface area contributed by atoms with Gasteiger partial charge in [-0.15, -0.1) is 0 Å². The van der Waals surface area contributed by atoms with Crippen molar-refractivity contribution in [2.24, 2.45) is 0 Å². The zero-order valence-electron chi connectivity index (χ0n) is 11.8. The van der Waals surface area contributed by atoms with Crippen LogP contribution in [0.25, 0.3) is 0 Å². The Labute approximate surface area is 140 Å². The van der Waals surface area contributed by atoms with Gasteiger partial charge in [0.05, 0.1) is 7.11 Å². The maximum absolute atomic E-state index is 12.4. The molecule has 0 bridgehead atoms. The predicted molar refractivity (Wildman–Crippen MR) is 91.1 cm³/mol. The number of hydrogen-bond donors (Lipinski definition) is 1. The second-order valence-corrected chi connectivity index (χ2v) is 6.40. The third-order valence-electron chi connectivity index (χ3n) is 2.93. The summed E-state index contributed by atoms with van der Waals surface area (Å²) in [7, 11) is 1.59. The first-order valence-corrected chi connectivity index (χ1v) is 8.13. The molecule has 2 rings (SSSR count). The van der Waals surface area contributed by atoms with Gasteiger partial charge in [-0.2, -0.15) is 0 Å². The Morgan fingerprint density at radius 2 is 2.00 bits per heavy atom. The van der Waals surface area contributed by atoms with Gasteiger partial charge in [0.1, 0.15) is 11.4 Å². The highest BCUT2D eigenvalue weighted by molar-refractivity contribution is 9.10. The fraction of sp³-hybridized carbons (Fsp3) is 0.267. The number of ether oxygens (including phenoxy) is 1. The quantitative estimate of drug-likeness (QED) is 0.769. The molecule has 0 aliphatic rings. The van der Waals surface area contributed by atoms with Crippen LogP contribution in [0.3, 0.4) is 0 Å². The van der Waals surface area contributed by atoms with Gasteiger partial charge in [0.2, 0.25) is 0 Å². The normalized spacial score (nSPS) is 10.5. The number of nitrogens with one attached hydrogen (secondary N) is 1. The highest BCUT2D eigenvalue weighted by Gasteiger charge is 2.13. The van der Waals surface area contributed by atoms with Crippen LogP contribution in [-0.2, 0) is 6.54 Å². The van der Waals surface area contributed by atoms with Crippen molar-refractivity contribution in [1.82, 2.24) is 4.57 Å². The maximum Gasteiger partial charge on any atom is 0.272 e. The fourth-order valence-corrected chi connectivity index (χ4v) is 2.98. The van der Waals surface area contributed by atoms with E-state index in [1.807, 2.05) is 29.0 Å². The monoisotopic (exact) mass is 414 g/mol. The summed E-state index contributed by atoms with van der Waals surface area (Å²) in [6.45, 7) is 2.88. The van der Waals surface area contributed by atoms with E-state index in [4.69, 9.17) is 4.74 Å². The molecule has 0 unspecified atom stereocenters. The summed E-state index contributed by atoms with van der Waals surface area (Å²) in [4.78, 5) is 12.4. The molecule has 0 saturated heterocycles. The second kappa shape index (κ2) is 7.13. The maximum atomic E-state index is 12.4. The topological polar surface area (TPSA) is 43.3 Å². The second-order valence-electron chi connectivity index (χ2n) is 4.57. The van der Waals surface area contributed by atoms with Crippen molar-refractivity contribution < 1.29 is 9.53 Å². The molecule has 21 heavy (non-hydrogen) atoms. The average molecular weight is 416 g/mol. The number of amides is 1. The van der Waals surface area contributed by atoms with Crippen molar-refractivity contribution in [1.29, 1.82) is 0 Å². The van der Waals surface area contributed by atoms with Gasteiger partial charge in [-0.1, -0.05) is 22.9 Å². The SMILES string of the molecule is CCCn1cc(Br)cc1C(=O)Nc1cc(Br)cc(OC)c1. The van der Waals surface area contributed by atoms with E-state index in [1.165, 1.54) is 0 Å². The summed E-state index contributed by atoms with van der Waals surface area (Å²) in [6, 6.07) is 7.28. The molecule has 6 heteroatoms. The molecule has 0 aliphatic heterocycles. The van der Waals surface area contributed by atoms with Gasteiger partial charge in [-0.05, 0) is 40.5 Å². The first-order chi connectivity index (χ1) is 10.0. The predicted octanol–water partition coefficient (Wildman–Crippen LogP) is 4.68. The number of halogens is 2. The van der Waals surface area contributed by atoms with E-state index in [2.05, 4.69) is 44.1 Å². The molecule has 2 aromatic rings. The van der Waals surface area contributed by atoms with Gasteiger partial charge < -0.3 is 14.6 Å². The Hall–Kier alpha value is -1.27. The number of benzene rings is 1. The van der Waals surface area contributed by atoms with Gasteiger partial charge in [0, 0.05) is 33.4 Å². The van der Waals surface area contributed by atoms with E-state index in [-0.39, 0.29) is 5.91 Å². The van der Waals surface area contributed by atoms with Crippen LogP contribution in [0.2, 0.25) is 0 Å². The minimum Gasteiger partial charge on any atom is -0.497 e. The first kappa shape index (κ1) is 16.1. The van der Waals surface area contributed by atoms with Crippen LogP contribution >= 0.6 is 31.9 Å². The summed E-state index contributed by atoms with van der Waals surface area (Å²) in [6.07, 6.45) is 2.88. The third-order valence-corrected chi connectivity index (χ3v) is 3.82. The van der Waals surface area contributed by atoms with Crippen LogP contribution in [0.5, 0.6) is 5.75 Å². The molecule has 0 radical (unpaired) electrons. The highest BCUT2D eigenvalue weighted by Crippen LogP contribution is 2.25. The average Bonchev–Trinajstić information content (AvgIpc) is 2.79. The number of methoxy groups -OCH3 is 1. The van der Waals surface area contributed by atoms with Gasteiger partial charge in [-0.3, -0.25) is 4.79 Å². The standard InChI is InChI=1S/C15H16Br2N2O2/c1-3-4-19-9-11(17)7-14(19)15(20)18-12-5-10(16)6-13(8-12)21-2/h5-9H,3-4H2,1-2H3,(H,18,20). The number of rotatable bonds is 5. The van der Waals surface area contributed by atoms with E-state index < -0.39 is 0 Å². The number of anilines is 1. The fourth-order valence-electron chi connectivity index (χ4n) is 2.04. The van der Waals surface area contributed by atoms with Gasteiger partial charge in [-0.25, -0.2) is 0 Å². The molecular formula is C15H16Br2N2O2. The Morgan fingerprint density at radius 3 is 2.67 bits per heavy atom. The Morgan fingerprint density at radius 1 is 1.24 bits per heavy atom.